The number of hydrogen-bond donors (Lipinski definition) is 1. The molecule has 0 fully saturated rings. The van der Waals surface area contributed by atoms with Crippen molar-refractivity contribution in [1.82, 2.24) is 0 Å². The van der Waals surface area contributed by atoms with Crippen LogP contribution in [0.1, 0.15) is 44.9 Å². The fraction of sp³-hybridized carbons (Fsp3) is 0.533. The molecule has 1 N–H and O–H groups in total. The van der Waals surface area contributed by atoms with E-state index in [9.17, 15) is 9.90 Å². The Morgan fingerprint density at radius 2 is 1.72 bits per heavy atom. The second-order valence-electron chi connectivity index (χ2n) is 5.03. The van der Waals surface area contributed by atoms with Crippen molar-refractivity contribution >= 4 is 6.29 Å². The topological polar surface area (TPSA) is 46.5 Å². The molecule has 3 heteroatoms. The Kier molecular flexibility index (Phi) is 7.48. The zero-order valence-corrected chi connectivity index (χ0v) is 11.9. The van der Waals surface area contributed by atoms with E-state index < -0.39 is 6.10 Å². The maximum atomic E-state index is 10.3. The van der Waals surface area contributed by atoms with Crippen molar-refractivity contribution in [1.29, 1.82) is 0 Å². The van der Waals surface area contributed by atoms with Crippen LogP contribution >= 0.6 is 0 Å². The standard InChI is InChI=1S/C12H16O2.C3H8O/c1-12(2,3)10-6-4-9(5-7-10)11(14)8-13;1-3-4-2/h4-8,11,14H,1-3H3;3H2,1-2H3. The molecule has 1 aromatic rings. The van der Waals surface area contributed by atoms with Gasteiger partial charge in [-0.15, -0.1) is 0 Å². The minimum atomic E-state index is -0.996. The van der Waals surface area contributed by atoms with Gasteiger partial charge in [-0.25, -0.2) is 0 Å². The summed E-state index contributed by atoms with van der Waals surface area (Å²) < 4.78 is 4.54. The smallest absolute Gasteiger partial charge is 0.153 e. The summed E-state index contributed by atoms with van der Waals surface area (Å²) in [5, 5.41) is 9.25. The predicted octanol–water partition coefficient (Wildman–Crippen LogP) is 2.87. The monoisotopic (exact) mass is 252 g/mol. The number of carbonyl (C=O) groups is 1. The van der Waals surface area contributed by atoms with Crippen molar-refractivity contribution in [3.8, 4) is 0 Å². The summed E-state index contributed by atoms with van der Waals surface area (Å²) in [7, 11) is 1.68. The van der Waals surface area contributed by atoms with Crippen LogP contribution in [-0.2, 0) is 14.9 Å². The lowest BCUT2D eigenvalue weighted by Crippen LogP contribution is -2.11. The molecule has 1 aromatic carbocycles. The van der Waals surface area contributed by atoms with Gasteiger partial charge >= 0.3 is 0 Å². The number of aliphatic hydroxyl groups is 1. The average Bonchev–Trinajstić information content (AvgIpc) is 2.37. The summed E-state index contributed by atoms with van der Waals surface area (Å²) in [4.78, 5) is 10.3. The van der Waals surface area contributed by atoms with Gasteiger partial charge in [0.25, 0.3) is 0 Å². The molecule has 1 atom stereocenters. The number of carbonyl (C=O) groups excluding carboxylic acids is 1. The molecule has 0 aromatic heterocycles. The van der Waals surface area contributed by atoms with Crippen LogP contribution in [0, 0.1) is 0 Å². The number of ether oxygens (including phenoxy) is 1. The van der Waals surface area contributed by atoms with Crippen molar-refractivity contribution in [2.24, 2.45) is 0 Å². The second-order valence-corrected chi connectivity index (χ2v) is 5.03. The lowest BCUT2D eigenvalue weighted by atomic mass is 9.86. The first kappa shape index (κ1) is 16.8. The highest BCUT2D eigenvalue weighted by atomic mass is 16.5. The molecule has 1 rings (SSSR count). The van der Waals surface area contributed by atoms with Crippen molar-refractivity contribution in [3.05, 3.63) is 35.4 Å². The number of hydrogen-bond acceptors (Lipinski definition) is 3. The molecule has 0 saturated heterocycles. The molecule has 102 valence electrons. The quantitative estimate of drug-likeness (QED) is 0.841. The van der Waals surface area contributed by atoms with Crippen molar-refractivity contribution in [2.45, 2.75) is 39.2 Å². The third-order valence-electron chi connectivity index (χ3n) is 2.54. The first-order valence-electron chi connectivity index (χ1n) is 6.09. The lowest BCUT2D eigenvalue weighted by Gasteiger charge is -2.19. The molecule has 0 bridgehead atoms. The number of methoxy groups -OCH3 is 1. The van der Waals surface area contributed by atoms with E-state index in [1.54, 1.807) is 19.2 Å². The SMILES string of the molecule is CC(C)(C)c1ccc(C(O)C=O)cc1.CCOC. The zero-order chi connectivity index (χ0) is 14.2. The molecule has 0 saturated carbocycles. The van der Waals surface area contributed by atoms with Gasteiger partial charge in [0.05, 0.1) is 0 Å². The number of rotatable bonds is 3. The Bertz CT molecular complexity index is 334. The van der Waals surface area contributed by atoms with Crippen molar-refractivity contribution < 1.29 is 14.6 Å². The van der Waals surface area contributed by atoms with Crippen LogP contribution in [0.4, 0.5) is 0 Å². The molecule has 3 nitrogen and oxygen atoms in total. The Morgan fingerprint density at radius 1 is 1.28 bits per heavy atom. The van der Waals surface area contributed by atoms with Gasteiger partial charge in [0, 0.05) is 13.7 Å². The Balaban J connectivity index is 0.000000631. The number of benzene rings is 1. The van der Waals surface area contributed by atoms with Crippen molar-refractivity contribution in [3.63, 3.8) is 0 Å². The van der Waals surface area contributed by atoms with E-state index in [4.69, 9.17) is 0 Å². The Morgan fingerprint density at radius 3 is 2.00 bits per heavy atom. The molecule has 1 unspecified atom stereocenters. The fourth-order valence-corrected chi connectivity index (χ4v) is 1.26. The zero-order valence-electron chi connectivity index (χ0n) is 11.9. The largest absolute Gasteiger partial charge is 0.385 e. The summed E-state index contributed by atoms with van der Waals surface area (Å²) >= 11 is 0. The maximum Gasteiger partial charge on any atom is 0.153 e. The van der Waals surface area contributed by atoms with E-state index in [0.29, 0.717) is 11.8 Å². The van der Waals surface area contributed by atoms with E-state index in [0.717, 1.165) is 6.61 Å². The molecule has 0 aliphatic heterocycles. The average molecular weight is 252 g/mol. The van der Waals surface area contributed by atoms with Crippen LogP contribution in [0.15, 0.2) is 24.3 Å². The molecule has 0 heterocycles. The highest BCUT2D eigenvalue weighted by Crippen LogP contribution is 2.23. The fourth-order valence-electron chi connectivity index (χ4n) is 1.26. The van der Waals surface area contributed by atoms with E-state index >= 15 is 0 Å². The van der Waals surface area contributed by atoms with Crippen LogP contribution in [0.5, 0.6) is 0 Å². The van der Waals surface area contributed by atoms with Crippen LogP contribution in [0.25, 0.3) is 0 Å². The number of aldehydes is 1. The molecule has 0 amide bonds. The van der Waals surface area contributed by atoms with Crippen LogP contribution < -0.4 is 0 Å². The number of aliphatic hydroxyl groups excluding tert-OH is 1. The highest BCUT2D eigenvalue weighted by molar-refractivity contribution is 5.59. The third kappa shape index (κ3) is 5.94. The summed E-state index contributed by atoms with van der Waals surface area (Å²) in [5.41, 5.74) is 1.94. The summed E-state index contributed by atoms with van der Waals surface area (Å²) in [6.07, 6.45) is -0.462. The van der Waals surface area contributed by atoms with Gasteiger partial charge < -0.3 is 14.6 Å². The molecule has 0 aliphatic carbocycles. The normalized spacial score (nSPS) is 12.3. The van der Waals surface area contributed by atoms with Crippen LogP contribution in [-0.4, -0.2) is 25.1 Å². The van der Waals surface area contributed by atoms with Crippen molar-refractivity contribution in [2.75, 3.05) is 13.7 Å². The molecular weight excluding hydrogens is 228 g/mol. The van der Waals surface area contributed by atoms with E-state index in [1.807, 2.05) is 19.1 Å². The van der Waals surface area contributed by atoms with Gasteiger partial charge in [0.15, 0.2) is 6.29 Å². The van der Waals surface area contributed by atoms with E-state index in [-0.39, 0.29) is 5.41 Å². The first-order valence-corrected chi connectivity index (χ1v) is 6.09. The van der Waals surface area contributed by atoms with Gasteiger partial charge in [-0.1, -0.05) is 45.0 Å². The van der Waals surface area contributed by atoms with E-state index in [1.165, 1.54) is 5.56 Å². The molecular formula is C15H24O3. The molecule has 18 heavy (non-hydrogen) atoms. The maximum absolute atomic E-state index is 10.3. The Hall–Kier alpha value is -1.19. The van der Waals surface area contributed by atoms with Crippen LogP contribution in [0.3, 0.4) is 0 Å². The summed E-state index contributed by atoms with van der Waals surface area (Å²) in [6.45, 7) is 9.15. The Labute approximate surface area is 110 Å². The van der Waals surface area contributed by atoms with Gasteiger partial charge in [-0.3, -0.25) is 0 Å². The molecule has 0 radical (unpaired) electrons. The van der Waals surface area contributed by atoms with Gasteiger partial charge in [-0.2, -0.15) is 0 Å². The lowest BCUT2D eigenvalue weighted by molar-refractivity contribution is -0.115. The van der Waals surface area contributed by atoms with E-state index in [2.05, 4.69) is 25.5 Å². The van der Waals surface area contributed by atoms with Gasteiger partial charge in [-0.05, 0) is 23.5 Å². The molecule has 0 spiro atoms. The summed E-state index contributed by atoms with van der Waals surface area (Å²) in [5.74, 6) is 0. The second kappa shape index (κ2) is 8.01. The first-order chi connectivity index (χ1) is 8.36. The minimum absolute atomic E-state index is 0.102. The summed E-state index contributed by atoms with van der Waals surface area (Å²) in [6, 6.07) is 7.48. The van der Waals surface area contributed by atoms with Gasteiger partial charge in [0.1, 0.15) is 6.10 Å². The minimum Gasteiger partial charge on any atom is -0.385 e. The highest BCUT2D eigenvalue weighted by Gasteiger charge is 2.13. The third-order valence-corrected chi connectivity index (χ3v) is 2.54. The van der Waals surface area contributed by atoms with Gasteiger partial charge in [0.2, 0.25) is 0 Å². The van der Waals surface area contributed by atoms with Crippen LogP contribution in [0.2, 0.25) is 0 Å². The predicted molar refractivity (Wildman–Crippen MR) is 73.7 cm³/mol. The molecule has 0 aliphatic rings.